The first-order chi connectivity index (χ1) is 28.1. The van der Waals surface area contributed by atoms with Gasteiger partial charge in [0.1, 0.15) is 0 Å². The average Bonchev–Trinajstić information content (AvgIpc) is 3.86. The van der Waals surface area contributed by atoms with Crippen LogP contribution in [0.2, 0.25) is 0 Å². The summed E-state index contributed by atoms with van der Waals surface area (Å²) < 4.78 is 2.47. The van der Waals surface area contributed by atoms with Gasteiger partial charge in [0.15, 0.2) is 0 Å². The second-order valence-corrected chi connectivity index (χ2v) is 15.8. The van der Waals surface area contributed by atoms with E-state index in [-0.39, 0.29) is 0 Å². The fourth-order valence-corrected chi connectivity index (χ4v) is 10.5. The molecule has 0 atom stereocenters. The third-order valence-corrected chi connectivity index (χ3v) is 12.7. The molecule has 2 aliphatic rings. The van der Waals surface area contributed by atoms with Gasteiger partial charge in [0.2, 0.25) is 0 Å². The SMILES string of the molecule is Cc1ccc(N(c2ccccc2)c2cc3c(c4ccccc24)-c2ccc(-n4c5ccccc5c5ccccc54)cc2C32c3ccccc3-c3ccccc32)c(C)c1. The molecule has 57 heavy (non-hydrogen) atoms. The number of para-hydroxylation sites is 3. The number of nitrogens with zero attached hydrogens (tertiary/aromatic N) is 2. The molecule has 9 aromatic carbocycles. The lowest BCUT2D eigenvalue weighted by Gasteiger charge is -2.33. The fourth-order valence-electron chi connectivity index (χ4n) is 10.5. The third-order valence-electron chi connectivity index (χ3n) is 12.7. The van der Waals surface area contributed by atoms with Crippen molar-refractivity contribution in [3.05, 3.63) is 228 Å². The quantitative estimate of drug-likeness (QED) is 0.175. The summed E-state index contributed by atoms with van der Waals surface area (Å²) >= 11 is 0. The first-order valence-corrected chi connectivity index (χ1v) is 19.9. The Kier molecular flexibility index (Phi) is 6.72. The largest absolute Gasteiger partial charge is 0.310 e. The van der Waals surface area contributed by atoms with E-state index in [0.717, 1.165) is 5.69 Å². The van der Waals surface area contributed by atoms with Crippen LogP contribution in [0.15, 0.2) is 194 Å². The van der Waals surface area contributed by atoms with Crippen molar-refractivity contribution >= 4 is 49.6 Å². The predicted octanol–water partition coefficient (Wildman–Crippen LogP) is 14.4. The number of benzene rings is 9. The normalized spacial score (nSPS) is 13.2. The van der Waals surface area contributed by atoms with E-state index in [2.05, 4.69) is 217 Å². The molecule has 1 aromatic heterocycles. The van der Waals surface area contributed by atoms with Gasteiger partial charge < -0.3 is 9.47 Å². The van der Waals surface area contributed by atoms with Gasteiger partial charge in [0.25, 0.3) is 0 Å². The molecule has 0 saturated carbocycles. The smallest absolute Gasteiger partial charge is 0.0727 e. The van der Waals surface area contributed by atoms with E-state index in [0.29, 0.717) is 0 Å². The Hall–Kier alpha value is -7.16. The van der Waals surface area contributed by atoms with Crippen molar-refractivity contribution in [2.24, 2.45) is 0 Å². The average molecular weight is 727 g/mol. The minimum absolute atomic E-state index is 0.546. The number of aromatic nitrogens is 1. The zero-order chi connectivity index (χ0) is 37.8. The number of hydrogen-bond donors (Lipinski definition) is 0. The Morgan fingerprint density at radius 3 is 1.65 bits per heavy atom. The zero-order valence-corrected chi connectivity index (χ0v) is 31.9. The van der Waals surface area contributed by atoms with Crippen LogP contribution in [0.25, 0.3) is 60.5 Å². The molecule has 1 spiro atoms. The van der Waals surface area contributed by atoms with Crippen LogP contribution in [-0.4, -0.2) is 4.57 Å². The van der Waals surface area contributed by atoms with E-state index in [1.807, 2.05) is 0 Å². The Balaban J connectivity index is 1.23. The third kappa shape index (κ3) is 4.30. The summed E-state index contributed by atoms with van der Waals surface area (Å²) in [5.74, 6) is 0. The molecule has 0 N–H and O–H groups in total. The lowest BCUT2D eigenvalue weighted by Crippen LogP contribution is -2.26. The molecule has 0 saturated heterocycles. The molecule has 268 valence electrons. The Labute approximate surface area is 332 Å². The summed E-state index contributed by atoms with van der Waals surface area (Å²) in [5, 5.41) is 5.03. The van der Waals surface area contributed by atoms with Gasteiger partial charge in [-0.3, -0.25) is 0 Å². The van der Waals surface area contributed by atoms with Gasteiger partial charge in [-0.15, -0.1) is 0 Å². The molecule has 2 aliphatic carbocycles. The van der Waals surface area contributed by atoms with Gasteiger partial charge in [-0.25, -0.2) is 0 Å². The molecule has 12 rings (SSSR count). The summed E-state index contributed by atoms with van der Waals surface area (Å²) in [6.07, 6.45) is 0. The van der Waals surface area contributed by atoms with Gasteiger partial charge in [-0.05, 0) is 118 Å². The van der Waals surface area contributed by atoms with Crippen LogP contribution >= 0.6 is 0 Å². The maximum atomic E-state index is 2.54. The molecule has 10 aromatic rings. The van der Waals surface area contributed by atoms with Crippen LogP contribution in [-0.2, 0) is 5.41 Å². The van der Waals surface area contributed by atoms with Crippen LogP contribution in [0.1, 0.15) is 33.4 Å². The van der Waals surface area contributed by atoms with Crippen molar-refractivity contribution < 1.29 is 0 Å². The molecule has 0 radical (unpaired) electrons. The van der Waals surface area contributed by atoms with Crippen LogP contribution in [0.3, 0.4) is 0 Å². The van der Waals surface area contributed by atoms with Crippen LogP contribution in [0, 0.1) is 13.8 Å². The molecule has 0 bridgehead atoms. The topological polar surface area (TPSA) is 8.17 Å². The summed E-state index contributed by atoms with van der Waals surface area (Å²) in [6, 6.07) is 72.6. The highest BCUT2D eigenvalue weighted by Gasteiger charge is 2.52. The highest BCUT2D eigenvalue weighted by molar-refractivity contribution is 6.13. The maximum absolute atomic E-state index is 2.54. The lowest BCUT2D eigenvalue weighted by atomic mass is 9.70. The maximum Gasteiger partial charge on any atom is 0.0727 e. The van der Waals surface area contributed by atoms with Crippen LogP contribution < -0.4 is 4.90 Å². The second-order valence-electron chi connectivity index (χ2n) is 15.8. The summed E-state index contributed by atoms with van der Waals surface area (Å²) in [5.41, 5.74) is 19.6. The van der Waals surface area contributed by atoms with Gasteiger partial charge in [0.05, 0.1) is 22.1 Å². The highest BCUT2D eigenvalue weighted by atomic mass is 15.1. The zero-order valence-electron chi connectivity index (χ0n) is 31.9. The first kappa shape index (κ1) is 32.1. The molecule has 0 fully saturated rings. The van der Waals surface area contributed by atoms with Crippen LogP contribution in [0.5, 0.6) is 0 Å². The fraction of sp³-hybridized carbons (Fsp3) is 0.0545. The van der Waals surface area contributed by atoms with E-state index in [1.54, 1.807) is 0 Å². The van der Waals surface area contributed by atoms with Crippen molar-refractivity contribution in [1.29, 1.82) is 0 Å². The van der Waals surface area contributed by atoms with Crippen molar-refractivity contribution in [2.45, 2.75) is 19.3 Å². The van der Waals surface area contributed by atoms with E-state index in [1.165, 1.54) is 105 Å². The molecule has 1 heterocycles. The van der Waals surface area contributed by atoms with Crippen molar-refractivity contribution in [2.75, 3.05) is 4.90 Å². The number of fused-ring (bicyclic) bond motifs is 15. The first-order valence-electron chi connectivity index (χ1n) is 19.9. The molecule has 2 nitrogen and oxygen atoms in total. The van der Waals surface area contributed by atoms with Gasteiger partial charge >= 0.3 is 0 Å². The Morgan fingerprint density at radius 2 is 0.982 bits per heavy atom. The number of aryl methyl sites for hydroxylation is 2. The molecular formula is C55H38N2. The Morgan fingerprint density at radius 1 is 0.404 bits per heavy atom. The lowest BCUT2D eigenvalue weighted by molar-refractivity contribution is 0.793. The molecule has 0 amide bonds. The van der Waals surface area contributed by atoms with E-state index < -0.39 is 5.41 Å². The predicted molar refractivity (Wildman–Crippen MR) is 239 cm³/mol. The van der Waals surface area contributed by atoms with E-state index >= 15 is 0 Å². The molecular weight excluding hydrogens is 689 g/mol. The standard InChI is InChI=1S/C55H38N2/c1-35-28-31-50(36(2)32-35)56(37-16-4-3-5-17-37)53-34-49-54(44-23-7-6-22-43(44)53)45-30-29-38(57-51-26-14-10-20-41(51)42-21-11-15-27-52(42)57)33-48(45)55(49)46-24-12-8-18-39(46)40-19-9-13-25-47(40)55/h3-34H,1-2H3. The van der Waals surface area contributed by atoms with Crippen molar-refractivity contribution in [1.82, 2.24) is 4.57 Å². The Bertz CT molecular complexity index is 3180. The van der Waals surface area contributed by atoms with Crippen molar-refractivity contribution in [3.8, 4) is 27.9 Å². The van der Waals surface area contributed by atoms with Crippen LogP contribution in [0.4, 0.5) is 17.1 Å². The van der Waals surface area contributed by atoms with Crippen molar-refractivity contribution in [3.63, 3.8) is 0 Å². The summed E-state index contributed by atoms with van der Waals surface area (Å²) in [6.45, 7) is 4.42. The summed E-state index contributed by atoms with van der Waals surface area (Å²) in [4.78, 5) is 2.49. The van der Waals surface area contributed by atoms with E-state index in [9.17, 15) is 0 Å². The number of anilines is 3. The molecule has 2 heteroatoms. The number of hydrogen-bond acceptors (Lipinski definition) is 1. The number of rotatable bonds is 4. The molecule has 0 unspecified atom stereocenters. The van der Waals surface area contributed by atoms with Gasteiger partial charge in [-0.2, -0.15) is 0 Å². The molecule has 0 aliphatic heterocycles. The highest BCUT2D eigenvalue weighted by Crippen LogP contribution is 2.65. The van der Waals surface area contributed by atoms with E-state index in [4.69, 9.17) is 0 Å². The minimum Gasteiger partial charge on any atom is -0.310 e. The van der Waals surface area contributed by atoms with Gasteiger partial charge in [-0.1, -0.05) is 151 Å². The monoisotopic (exact) mass is 726 g/mol. The van der Waals surface area contributed by atoms with Gasteiger partial charge in [0, 0.05) is 33.2 Å². The second kappa shape index (κ2) is 11.9. The summed E-state index contributed by atoms with van der Waals surface area (Å²) in [7, 11) is 0. The minimum atomic E-state index is -0.546.